The van der Waals surface area contributed by atoms with E-state index in [1.165, 1.54) is 25.7 Å². The van der Waals surface area contributed by atoms with Crippen molar-refractivity contribution in [3.63, 3.8) is 0 Å². The molecule has 0 unspecified atom stereocenters. The maximum atomic E-state index is 11.7. The number of hydrogen-bond donors (Lipinski definition) is 2. The number of ether oxygens (including phenoxy) is 1. The second kappa shape index (κ2) is 8.89. The average Bonchev–Trinajstić information content (AvgIpc) is 2.98. The summed E-state index contributed by atoms with van der Waals surface area (Å²) < 4.78 is 5.78. The van der Waals surface area contributed by atoms with Crippen LogP contribution in [0.2, 0.25) is 0 Å². The summed E-state index contributed by atoms with van der Waals surface area (Å²) in [6.45, 7) is 0.807. The zero-order valence-electron chi connectivity index (χ0n) is 12.2. The number of anilines is 2. The van der Waals surface area contributed by atoms with Gasteiger partial charge < -0.3 is 15.8 Å². The topological polar surface area (TPSA) is 77.2 Å². The number of nitrogens with two attached hydrogens (primary N) is 1. The highest BCUT2D eigenvalue weighted by Gasteiger charge is 2.14. The molecule has 116 valence electrons. The Hall–Kier alpha value is -1.27. The molecule has 1 fully saturated rings. The van der Waals surface area contributed by atoms with Crippen LogP contribution in [-0.2, 0) is 9.53 Å². The molecule has 3 N–H and O–H groups in total. The lowest BCUT2D eigenvalue weighted by Crippen LogP contribution is -2.15. The van der Waals surface area contributed by atoms with Gasteiger partial charge in [0.1, 0.15) is 5.82 Å². The molecule has 0 saturated heterocycles. The van der Waals surface area contributed by atoms with E-state index < -0.39 is 0 Å². The molecule has 0 aliphatic heterocycles. The van der Waals surface area contributed by atoms with Crippen molar-refractivity contribution in [1.29, 1.82) is 0 Å². The Morgan fingerprint density at radius 2 is 2.24 bits per heavy atom. The Labute approximate surface area is 130 Å². The molecule has 0 bridgehead atoms. The molecule has 1 saturated carbocycles. The molecule has 0 aromatic carbocycles. The Balaban J connectivity index is 1.49. The van der Waals surface area contributed by atoms with E-state index >= 15 is 0 Å². The third-order valence-electron chi connectivity index (χ3n) is 3.39. The van der Waals surface area contributed by atoms with Crippen LogP contribution in [0.15, 0.2) is 18.3 Å². The van der Waals surface area contributed by atoms with Crippen LogP contribution in [0.1, 0.15) is 32.1 Å². The van der Waals surface area contributed by atoms with Gasteiger partial charge in [0.2, 0.25) is 5.91 Å². The van der Waals surface area contributed by atoms with Gasteiger partial charge in [-0.05, 0) is 37.1 Å². The maximum Gasteiger partial charge on any atom is 0.234 e. The van der Waals surface area contributed by atoms with Crippen LogP contribution < -0.4 is 11.1 Å². The van der Waals surface area contributed by atoms with Crippen molar-refractivity contribution in [2.45, 2.75) is 38.2 Å². The number of nitrogens with zero attached hydrogens (tertiary/aromatic N) is 1. The summed E-state index contributed by atoms with van der Waals surface area (Å²) in [6.07, 6.45) is 8.08. The summed E-state index contributed by atoms with van der Waals surface area (Å²) in [5, 5.41) is 2.80. The fourth-order valence-electron chi connectivity index (χ4n) is 2.31. The molecule has 0 spiro atoms. The van der Waals surface area contributed by atoms with Gasteiger partial charge in [0, 0.05) is 6.61 Å². The number of carbonyl (C=O) groups excluding carboxylic acids is 1. The number of pyridine rings is 1. The Kier molecular flexibility index (Phi) is 6.82. The van der Waals surface area contributed by atoms with Crippen molar-refractivity contribution < 1.29 is 9.53 Å². The van der Waals surface area contributed by atoms with Gasteiger partial charge in [-0.2, -0.15) is 11.8 Å². The fourth-order valence-corrected chi connectivity index (χ4v) is 3.03. The lowest BCUT2D eigenvalue weighted by atomic mass is 10.3. The molecule has 2 rings (SSSR count). The van der Waals surface area contributed by atoms with E-state index in [9.17, 15) is 4.79 Å². The second-order valence-electron chi connectivity index (χ2n) is 5.20. The lowest BCUT2D eigenvalue weighted by molar-refractivity contribution is -0.113. The number of aromatic nitrogens is 1. The maximum absolute atomic E-state index is 11.7. The first-order valence-corrected chi connectivity index (χ1v) is 8.60. The predicted octanol–water partition coefficient (Wildman–Crippen LogP) is 2.68. The minimum atomic E-state index is -0.0108. The molecule has 21 heavy (non-hydrogen) atoms. The fraction of sp³-hybridized carbons (Fsp3) is 0.600. The Morgan fingerprint density at radius 1 is 1.43 bits per heavy atom. The smallest absolute Gasteiger partial charge is 0.234 e. The number of hydrogen-bond acceptors (Lipinski definition) is 5. The van der Waals surface area contributed by atoms with Gasteiger partial charge in [0.25, 0.3) is 0 Å². The molecule has 1 amide bonds. The largest absolute Gasteiger partial charge is 0.384 e. The van der Waals surface area contributed by atoms with Gasteiger partial charge in [0.05, 0.1) is 23.7 Å². The van der Waals surface area contributed by atoms with Gasteiger partial charge in [-0.3, -0.25) is 4.79 Å². The quantitative estimate of drug-likeness (QED) is 0.722. The Morgan fingerprint density at radius 3 is 2.95 bits per heavy atom. The minimum absolute atomic E-state index is 0.0108. The zero-order chi connectivity index (χ0) is 14.9. The van der Waals surface area contributed by atoms with E-state index in [4.69, 9.17) is 10.5 Å². The summed E-state index contributed by atoms with van der Waals surface area (Å²) in [4.78, 5) is 15.6. The van der Waals surface area contributed by atoms with E-state index in [1.807, 2.05) is 0 Å². The summed E-state index contributed by atoms with van der Waals surface area (Å²) in [6, 6.07) is 3.42. The van der Waals surface area contributed by atoms with E-state index in [2.05, 4.69) is 10.3 Å². The number of thioether (sulfide) groups is 1. The number of rotatable bonds is 8. The summed E-state index contributed by atoms with van der Waals surface area (Å²) in [7, 11) is 0. The van der Waals surface area contributed by atoms with E-state index in [-0.39, 0.29) is 5.91 Å². The van der Waals surface area contributed by atoms with Crippen molar-refractivity contribution in [2.75, 3.05) is 29.2 Å². The number of carbonyl (C=O) groups is 1. The summed E-state index contributed by atoms with van der Waals surface area (Å²) in [5.41, 5.74) is 6.17. The van der Waals surface area contributed by atoms with Crippen molar-refractivity contribution in [3.05, 3.63) is 18.3 Å². The van der Waals surface area contributed by atoms with Gasteiger partial charge in [0.15, 0.2) is 0 Å². The SMILES string of the molecule is Nc1ccc(NC(=O)CSCCCOC2CCCC2)cn1. The molecule has 0 atom stereocenters. The second-order valence-corrected chi connectivity index (χ2v) is 6.31. The monoisotopic (exact) mass is 309 g/mol. The number of amides is 1. The molecular weight excluding hydrogens is 286 g/mol. The molecule has 1 aliphatic rings. The highest BCUT2D eigenvalue weighted by atomic mass is 32.2. The first-order valence-electron chi connectivity index (χ1n) is 7.45. The molecule has 5 nitrogen and oxygen atoms in total. The summed E-state index contributed by atoms with van der Waals surface area (Å²) in [5.74, 6) is 1.83. The van der Waals surface area contributed by atoms with Gasteiger partial charge in [-0.25, -0.2) is 4.98 Å². The Bertz CT molecular complexity index is 433. The molecule has 6 heteroatoms. The zero-order valence-corrected chi connectivity index (χ0v) is 13.0. The summed E-state index contributed by atoms with van der Waals surface area (Å²) >= 11 is 1.63. The van der Waals surface area contributed by atoms with E-state index in [0.717, 1.165) is 18.8 Å². The van der Waals surface area contributed by atoms with Gasteiger partial charge in [-0.1, -0.05) is 12.8 Å². The van der Waals surface area contributed by atoms with E-state index in [1.54, 1.807) is 30.1 Å². The van der Waals surface area contributed by atoms with Gasteiger partial charge in [-0.15, -0.1) is 0 Å². The lowest BCUT2D eigenvalue weighted by Gasteiger charge is -2.10. The van der Waals surface area contributed by atoms with Crippen LogP contribution in [0.3, 0.4) is 0 Å². The van der Waals surface area contributed by atoms with Crippen LogP contribution in [-0.4, -0.2) is 35.1 Å². The molecule has 1 aliphatic carbocycles. The highest BCUT2D eigenvalue weighted by Crippen LogP contribution is 2.21. The standard InChI is InChI=1S/C15H23N3O2S/c16-14-7-6-12(10-17-14)18-15(19)11-21-9-3-8-20-13-4-1-2-5-13/h6-7,10,13H,1-5,8-9,11H2,(H2,16,17)(H,18,19). The number of nitrogens with one attached hydrogen (secondary N) is 1. The minimum Gasteiger partial charge on any atom is -0.384 e. The molecular formula is C15H23N3O2S. The van der Waals surface area contributed by atoms with Crippen molar-refractivity contribution in [2.24, 2.45) is 0 Å². The van der Waals surface area contributed by atoms with Crippen LogP contribution in [0.25, 0.3) is 0 Å². The number of nitrogen functional groups attached to an aromatic ring is 1. The molecule has 1 aromatic rings. The third-order valence-corrected chi connectivity index (χ3v) is 4.44. The third kappa shape index (κ3) is 6.35. The van der Waals surface area contributed by atoms with Crippen molar-refractivity contribution in [3.8, 4) is 0 Å². The molecule has 1 heterocycles. The normalized spacial score (nSPS) is 15.2. The molecule has 0 radical (unpaired) electrons. The van der Waals surface area contributed by atoms with Crippen LogP contribution in [0, 0.1) is 0 Å². The average molecular weight is 309 g/mol. The van der Waals surface area contributed by atoms with Crippen molar-refractivity contribution >= 4 is 29.2 Å². The van der Waals surface area contributed by atoms with Gasteiger partial charge >= 0.3 is 0 Å². The molecule has 1 aromatic heterocycles. The van der Waals surface area contributed by atoms with Crippen molar-refractivity contribution in [1.82, 2.24) is 4.98 Å². The first kappa shape index (κ1) is 16.1. The van der Waals surface area contributed by atoms with Crippen LogP contribution in [0.5, 0.6) is 0 Å². The van der Waals surface area contributed by atoms with Crippen LogP contribution in [0.4, 0.5) is 11.5 Å². The first-order chi connectivity index (χ1) is 10.2. The predicted molar refractivity (Wildman–Crippen MR) is 87.4 cm³/mol. The van der Waals surface area contributed by atoms with E-state index in [0.29, 0.717) is 23.4 Å². The highest BCUT2D eigenvalue weighted by molar-refractivity contribution is 7.99. The van der Waals surface area contributed by atoms with Crippen LogP contribution >= 0.6 is 11.8 Å².